The predicted molar refractivity (Wildman–Crippen MR) is 342 cm³/mol. The zero-order chi connectivity index (χ0) is 56.4. The number of hydrogen-bond acceptors (Lipinski definition) is 5. The van der Waals surface area contributed by atoms with E-state index in [1.807, 2.05) is 6.08 Å². The molecule has 0 rings (SSSR count). The highest BCUT2D eigenvalue weighted by atomic mass is 16.5. The number of nitrogens with one attached hydrogen (secondary N) is 1. The molecule has 0 aromatic rings. The van der Waals surface area contributed by atoms with Gasteiger partial charge in [0.05, 0.1) is 25.4 Å². The SMILES string of the molecule is CCC/C=C\C/C=C\CCCCCCCC(=O)OCCCCCCCCCCCCCCC/C=C\C/C=C\CCCCCCCCCCCCCCCCCCCC(=O)NC(CO)C(O)/C=C/CCCCCCCCCCC. The normalized spacial score (nSPS) is 12.9. The van der Waals surface area contributed by atoms with E-state index in [2.05, 4.69) is 67.8 Å². The van der Waals surface area contributed by atoms with Crippen molar-refractivity contribution in [1.29, 1.82) is 0 Å². The van der Waals surface area contributed by atoms with E-state index < -0.39 is 12.1 Å². The van der Waals surface area contributed by atoms with Gasteiger partial charge in [0.25, 0.3) is 0 Å². The number of carbonyl (C=O) groups excluding carboxylic acids is 2. The second-order valence-corrected chi connectivity index (χ2v) is 23.5. The summed E-state index contributed by atoms with van der Waals surface area (Å²) >= 11 is 0. The largest absolute Gasteiger partial charge is 0.466 e. The topological polar surface area (TPSA) is 95.9 Å². The van der Waals surface area contributed by atoms with Crippen LogP contribution in [0.2, 0.25) is 0 Å². The maximum atomic E-state index is 12.4. The summed E-state index contributed by atoms with van der Waals surface area (Å²) in [7, 11) is 0. The van der Waals surface area contributed by atoms with Crippen molar-refractivity contribution in [3.63, 3.8) is 0 Å². The molecular weight excluding hydrogens is 959 g/mol. The van der Waals surface area contributed by atoms with E-state index in [0.717, 1.165) is 57.8 Å². The van der Waals surface area contributed by atoms with Crippen LogP contribution in [0.25, 0.3) is 0 Å². The van der Waals surface area contributed by atoms with Crippen LogP contribution in [-0.2, 0) is 14.3 Å². The number of carbonyl (C=O) groups is 2. The summed E-state index contributed by atoms with van der Waals surface area (Å²) < 4.78 is 5.47. The third kappa shape index (κ3) is 62.8. The van der Waals surface area contributed by atoms with Crippen molar-refractivity contribution in [2.75, 3.05) is 13.2 Å². The Balaban J connectivity index is 3.36. The van der Waals surface area contributed by atoms with Gasteiger partial charge in [-0.2, -0.15) is 0 Å². The molecule has 0 aliphatic heterocycles. The van der Waals surface area contributed by atoms with Crippen LogP contribution in [-0.4, -0.2) is 47.4 Å². The molecule has 0 heterocycles. The van der Waals surface area contributed by atoms with Gasteiger partial charge in [0.2, 0.25) is 5.91 Å². The maximum Gasteiger partial charge on any atom is 0.305 e. The van der Waals surface area contributed by atoms with Crippen LogP contribution in [0.15, 0.2) is 60.8 Å². The van der Waals surface area contributed by atoms with E-state index in [0.29, 0.717) is 19.4 Å². The lowest BCUT2D eigenvalue weighted by Crippen LogP contribution is -2.45. The zero-order valence-corrected chi connectivity index (χ0v) is 52.1. The van der Waals surface area contributed by atoms with Gasteiger partial charge in [0.15, 0.2) is 0 Å². The number of ether oxygens (including phenoxy) is 1. The lowest BCUT2D eigenvalue weighted by molar-refractivity contribution is -0.143. The van der Waals surface area contributed by atoms with Gasteiger partial charge in [0.1, 0.15) is 0 Å². The molecule has 2 unspecified atom stereocenters. The Labute approximate surface area is 486 Å². The first-order valence-corrected chi connectivity index (χ1v) is 34.6. The number of hydrogen-bond donors (Lipinski definition) is 3. The molecule has 2 atom stereocenters. The minimum absolute atomic E-state index is 0.00274. The third-order valence-corrected chi connectivity index (χ3v) is 15.7. The van der Waals surface area contributed by atoms with Gasteiger partial charge in [-0.25, -0.2) is 0 Å². The van der Waals surface area contributed by atoms with Crippen LogP contribution in [0.3, 0.4) is 0 Å². The Morgan fingerprint density at radius 1 is 0.359 bits per heavy atom. The number of allylic oxidation sites excluding steroid dienone is 9. The molecule has 0 aliphatic carbocycles. The molecule has 1 amide bonds. The first kappa shape index (κ1) is 75.6. The Kier molecular flexibility index (Phi) is 65.0. The molecule has 0 fully saturated rings. The summed E-state index contributed by atoms with van der Waals surface area (Å²) in [5.41, 5.74) is 0. The Morgan fingerprint density at radius 2 is 0.667 bits per heavy atom. The van der Waals surface area contributed by atoms with Gasteiger partial charge < -0.3 is 20.3 Å². The minimum atomic E-state index is -0.841. The third-order valence-electron chi connectivity index (χ3n) is 15.7. The summed E-state index contributed by atoms with van der Waals surface area (Å²) in [4.78, 5) is 24.5. The van der Waals surface area contributed by atoms with Gasteiger partial charge in [-0.3, -0.25) is 9.59 Å². The Bertz CT molecular complexity index is 1350. The van der Waals surface area contributed by atoms with E-state index in [1.165, 1.54) is 276 Å². The maximum absolute atomic E-state index is 12.4. The smallest absolute Gasteiger partial charge is 0.305 e. The number of aliphatic hydroxyl groups excluding tert-OH is 2. The summed E-state index contributed by atoms with van der Waals surface area (Å²) in [6, 6.07) is -0.625. The molecule has 6 nitrogen and oxygen atoms in total. The van der Waals surface area contributed by atoms with Crippen molar-refractivity contribution in [2.24, 2.45) is 0 Å². The Hall–Kier alpha value is -2.44. The molecule has 0 spiro atoms. The molecule has 0 saturated carbocycles. The van der Waals surface area contributed by atoms with E-state index in [1.54, 1.807) is 6.08 Å². The highest BCUT2D eigenvalue weighted by Crippen LogP contribution is 2.18. The van der Waals surface area contributed by atoms with Gasteiger partial charge in [-0.05, 0) is 89.9 Å². The van der Waals surface area contributed by atoms with Gasteiger partial charge in [-0.15, -0.1) is 0 Å². The summed E-state index contributed by atoms with van der Waals surface area (Å²) in [6.07, 6.45) is 88.9. The molecule has 0 bridgehead atoms. The highest BCUT2D eigenvalue weighted by molar-refractivity contribution is 5.76. The lowest BCUT2D eigenvalue weighted by atomic mass is 10.0. The molecule has 0 aliphatic rings. The number of aliphatic hydroxyl groups is 2. The fourth-order valence-corrected chi connectivity index (χ4v) is 10.5. The molecule has 0 saturated heterocycles. The van der Waals surface area contributed by atoms with Crippen molar-refractivity contribution in [1.82, 2.24) is 5.32 Å². The predicted octanol–water partition coefficient (Wildman–Crippen LogP) is 22.3. The molecule has 0 radical (unpaired) electrons. The summed E-state index contributed by atoms with van der Waals surface area (Å²) in [6.45, 7) is 4.83. The van der Waals surface area contributed by atoms with E-state index in [-0.39, 0.29) is 18.5 Å². The highest BCUT2D eigenvalue weighted by Gasteiger charge is 2.18. The lowest BCUT2D eigenvalue weighted by Gasteiger charge is -2.20. The first-order valence-electron chi connectivity index (χ1n) is 34.6. The molecule has 78 heavy (non-hydrogen) atoms. The van der Waals surface area contributed by atoms with E-state index in [4.69, 9.17) is 4.74 Å². The van der Waals surface area contributed by atoms with Crippen molar-refractivity contribution in [3.8, 4) is 0 Å². The van der Waals surface area contributed by atoms with Crippen LogP contribution in [0, 0.1) is 0 Å². The number of esters is 1. The van der Waals surface area contributed by atoms with Gasteiger partial charge >= 0.3 is 5.97 Å². The summed E-state index contributed by atoms with van der Waals surface area (Å²) in [5, 5.41) is 23.1. The second-order valence-electron chi connectivity index (χ2n) is 23.5. The molecule has 456 valence electrons. The van der Waals surface area contributed by atoms with Crippen molar-refractivity contribution < 1.29 is 24.5 Å². The standard InChI is InChI=1S/C72H133NO5/c1-3-5-7-9-11-13-15-41-46-50-54-58-62-66-72(77)78-67-63-59-55-51-47-43-40-38-36-34-32-30-28-26-24-22-20-18-16-17-19-21-23-25-27-29-31-33-35-37-39-42-45-49-53-57-61-65-71(76)73-69(68-74)70(75)64-60-56-52-48-44-14-12-10-8-6-4-2/h7,9,13,15-16,18,22,24,60,64,69-70,74-75H,3-6,8,10-12,14,17,19-21,23,25-59,61-63,65-68H2,1-2H3,(H,73,76)/b9-7-,15-13-,18-16-,24-22-,64-60+. The average Bonchev–Trinajstić information content (AvgIpc) is 3.44. The average molecular weight is 1090 g/mol. The van der Waals surface area contributed by atoms with Crippen LogP contribution >= 0.6 is 0 Å². The van der Waals surface area contributed by atoms with E-state index >= 15 is 0 Å². The number of rotatable bonds is 64. The van der Waals surface area contributed by atoms with E-state index in [9.17, 15) is 19.8 Å². The monoisotopic (exact) mass is 1090 g/mol. The molecular formula is C72H133NO5. The first-order chi connectivity index (χ1) is 38.5. The van der Waals surface area contributed by atoms with Gasteiger partial charge in [-0.1, -0.05) is 319 Å². The summed E-state index contributed by atoms with van der Waals surface area (Å²) in [5.74, 6) is -0.0632. The molecule has 6 heteroatoms. The fraction of sp³-hybridized carbons (Fsp3) is 0.833. The second kappa shape index (κ2) is 67.1. The number of unbranched alkanes of at least 4 members (excludes halogenated alkanes) is 45. The molecule has 0 aromatic carbocycles. The van der Waals surface area contributed by atoms with Crippen molar-refractivity contribution in [3.05, 3.63) is 60.8 Å². The molecule has 3 N–H and O–H groups in total. The quantitative estimate of drug-likeness (QED) is 0.0320. The van der Waals surface area contributed by atoms with Crippen LogP contribution in [0.4, 0.5) is 0 Å². The zero-order valence-electron chi connectivity index (χ0n) is 52.1. The van der Waals surface area contributed by atoms with Crippen molar-refractivity contribution >= 4 is 11.9 Å². The van der Waals surface area contributed by atoms with Crippen molar-refractivity contribution in [2.45, 2.75) is 373 Å². The minimum Gasteiger partial charge on any atom is -0.466 e. The Morgan fingerprint density at radius 3 is 1.03 bits per heavy atom. The number of amides is 1. The molecule has 0 aromatic heterocycles. The van der Waals surface area contributed by atoms with Crippen LogP contribution in [0.1, 0.15) is 361 Å². The fourth-order valence-electron chi connectivity index (χ4n) is 10.5. The van der Waals surface area contributed by atoms with Crippen LogP contribution < -0.4 is 5.32 Å². The van der Waals surface area contributed by atoms with Gasteiger partial charge in [0, 0.05) is 12.8 Å². The van der Waals surface area contributed by atoms with Crippen LogP contribution in [0.5, 0.6) is 0 Å².